The Bertz CT molecular complexity index is 994. The second-order valence-corrected chi connectivity index (χ2v) is 9.27. The molecule has 1 aromatic heterocycles. The van der Waals surface area contributed by atoms with E-state index in [2.05, 4.69) is 47.0 Å². The Morgan fingerprint density at radius 1 is 1.17 bits per heavy atom. The molecule has 0 aliphatic carbocycles. The minimum atomic E-state index is -0.247. The molecule has 1 N–H and O–H groups in total. The van der Waals surface area contributed by atoms with Crippen LogP contribution in [0.25, 0.3) is 11.3 Å². The molecule has 0 saturated heterocycles. The summed E-state index contributed by atoms with van der Waals surface area (Å²) in [6.45, 7) is 6.25. The maximum atomic E-state index is 12.3. The van der Waals surface area contributed by atoms with Crippen molar-refractivity contribution in [3.8, 4) is 22.8 Å². The van der Waals surface area contributed by atoms with Crippen LogP contribution in [0.2, 0.25) is 0 Å². The Balaban J connectivity index is 1.63. The second-order valence-electron chi connectivity index (χ2n) is 7.49. The third-order valence-electron chi connectivity index (χ3n) is 4.24. The summed E-state index contributed by atoms with van der Waals surface area (Å²) in [5.41, 5.74) is 2.70. The van der Waals surface area contributed by atoms with E-state index >= 15 is 0 Å². The molecule has 152 valence electrons. The molecule has 0 fully saturated rings. The first-order chi connectivity index (χ1) is 13.8. The topological polar surface area (TPSA) is 60.5 Å². The number of anilines is 1. The number of nitrogens with zero attached hydrogens (tertiary/aromatic N) is 1. The molecule has 0 saturated carbocycles. The van der Waals surface area contributed by atoms with Crippen molar-refractivity contribution in [1.82, 2.24) is 4.98 Å². The number of methoxy groups -OCH3 is 1. The van der Waals surface area contributed by atoms with Gasteiger partial charge in [0.1, 0.15) is 11.5 Å². The maximum Gasteiger partial charge on any atom is 0.264 e. The molecule has 0 unspecified atom stereocenters. The van der Waals surface area contributed by atoms with Crippen LogP contribution in [0.5, 0.6) is 11.5 Å². The Kier molecular flexibility index (Phi) is 6.59. The van der Waals surface area contributed by atoms with Crippen molar-refractivity contribution in [2.24, 2.45) is 0 Å². The smallest absolute Gasteiger partial charge is 0.264 e. The number of benzene rings is 2. The Hall–Kier alpha value is -2.38. The number of hydrogen-bond donors (Lipinski definition) is 1. The van der Waals surface area contributed by atoms with Gasteiger partial charge in [-0.05, 0) is 47.9 Å². The molecule has 1 heterocycles. The number of halogens is 1. The highest BCUT2D eigenvalue weighted by atomic mass is 79.9. The average Bonchev–Trinajstić information content (AvgIpc) is 3.14. The van der Waals surface area contributed by atoms with Gasteiger partial charge in [0.15, 0.2) is 11.7 Å². The van der Waals surface area contributed by atoms with Gasteiger partial charge in [0.25, 0.3) is 5.91 Å². The normalized spacial score (nSPS) is 11.2. The Morgan fingerprint density at radius 3 is 2.55 bits per heavy atom. The van der Waals surface area contributed by atoms with E-state index in [4.69, 9.17) is 9.47 Å². The molecule has 2 aromatic carbocycles. The summed E-state index contributed by atoms with van der Waals surface area (Å²) in [5, 5.41) is 5.25. The van der Waals surface area contributed by atoms with E-state index in [-0.39, 0.29) is 17.9 Å². The molecule has 3 rings (SSSR count). The number of carbonyl (C=O) groups is 1. The highest BCUT2D eigenvalue weighted by molar-refractivity contribution is 9.10. The predicted octanol–water partition coefficient (Wildman–Crippen LogP) is 5.90. The zero-order valence-electron chi connectivity index (χ0n) is 16.8. The van der Waals surface area contributed by atoms with Crippen LogP contribution < -0.4 is 14.8 Å². The van der Waals surface area contributed by atoms with Crippen molar-refractivity contribution in [2.75, 3.05) is 19.0 Å². The van der Waals surface area contributed by atoms with Crippen LogP contribution in [-0.4, -0.2) is 24.6 Å². The zero-order chi connectivity index (χ0) is 21.0. The van der Waals surface area contributed by atoms with Gasteiger partial charge in [0.05, 0.1) is 12.8 Å². The Morgan fingerprint density at radius 2 is 1.90 bits per heavy atom. The maximum absolute atomic E-state index is 12.3. The summed E-state index contributed by atoms with van der Waals surface area (Å²) in [6.07, 6.45) is 0. The van der Waals surface area contributed by atoms with Gasteiger partial charge in [-0.2, -0.15) is 0 Å². The standard InChI is InChI=1S/C22H23BrN2O3S/c1-22(2,3)17-11-15(23)7-10-19(17)28-12-20(26)25-21-24-18(13-29-21)14-5-8-16(27-4)9-6-14/h5-11,13H,12H2,1-4H3,(H,24,25,26). The van der Waals surface area contributed by atoms with E-state index in [0.29, 0.717) is 10.9 Å². The molecule has 0 spiro atoms. The number of rotatable bonds is 6. The lowest BCUT2D eigenvalue weighted by atomic mass is 9.86. The fraction of sp³-hybridized carbons (Fsp3) is 0.273. The minimum absolute atomic E-state index is 0.0812. The first-order valence-corrected chi connectivity index (χ1v) is 10.8. The van der Waals surface area contributed by atoms with Crippen LogP contribution in [0, 0.1) is 0 Å². The number of ether oxygens (including phenoxy) is 2. The van der Waals surface area contributed by atoms with Gasteiger partial charge in [-0.15, -0.1) is 11.3 Å². The number of amides is 1. The van der Waals surface area contributed by atoms with E-state index in [9.17, 15) is 4.79 Å². The molecule has 0 atom stereocenters. The number of hydrogen-bond acceptors (Lipinski definition) is 5. The molecule has 1 amide bonds. The molecule has 29 heavy (non-hydrogen) atoms. The van der Waals surface area contributed by atoms with Gasteiger partial charge < -0.3 is 9.47 Å². The van der Waals surface area contributed by atoms with Gasteiger partial charge in [0.2, 0.25) is 0 Å². The van der Waals surface area contributed by atoms with E-state index in [1.54, 1.807) is 7.11 Å². The largest absolute Gasteiger partial charge is 0.497 e. The number of nitrogens with one attached hydrogen (secondary N) is 1. The summed E-state index contributed by atoms with van der Waals surface area (Å²) in [4.78, 5) is 16.8. The summed E-state index contributed by atoms with van der Waals surface area (Å²) in [6, 6.07) is 13.4. The SMILES string of the molecule is COc1ccc(-c2csc(NC(=O)COc3ccc(Br)cc3C(C)(C)C)n2)cc1. The zero-order valence-corrected chi connectivity index (χ0v) is 19.2. The minimum Gasteiger partial charge on any atom is -0.497 e. The van der Waals surface area contributed by atoms with Crippen molar-refractivity contribution in [3.63, 3.8) is 0 Å². The van der Waals surface area contributed by atoms with E-state index in [0.717, 1.165) is 27.0 Å². The molecule has 0 radical (unpaired) electrons. The van der Waals surface area contributed by atoms with Gasteiger partial charge in [-0.25, -0.2) is 4.98 Å². The van der Waals surface area contributed by atoms with E-state index in [1.165, 1.54) is 11.3 Å². The molecule has 0 aliphatic heterocycles. The Labute approximate surface area is 183 Å². The third-order valence-corrected chi connectivity index (χ3v) is 5.50. The van der Waals surface area contributed by atoms with Crippen molar-refractivity contribution < 1.29 is 14.3 Å². The summed E-state index contributed by atoms with van der Waals surface area (Å²) in [5.74, 6) is 1.24. The van der Waals surface area contributed by atoms with Gasteiger partial charge in [0, 0.05) is 21.0 Å². The van der Waals surface area contributed by atoms with Gasteiger partial charge in [-0.1, -0.05) is 36.7 Å². The van der Waals surface area contributed by atoms with Crippen molar-refractivity contribution in [3.05, 3.63) is 57.9 Å². The van der Waals surface area contributed by atoms with Crippen LogP contribution in [0.1, 0.15) is 26.3 Å². The van der Waals surface area contributed by atoms with Gasteiger partial charge >= 0.3 is 0 Å². The second kappa shape index (κ2) is 8.97. The monoisotopic (exact) mass is 474 g/mol. The average molecular weight is 475 g/mol. The molecule has 0 bridgehead atoms. The van der Waals surface area contributed by atoms with Gasteiger partial charge in [-0.3, -0.25) is 10.1 Å². The molecule has 7 heteroatoms. The lowest BCUT2D eigenvalue weighted by Gasteiger charge is -2.23. The predicted molar refractivity (Wildman–Crippen MR) is 121 cm³/mol. The van der Waals surface area contributed by atoms with Crippen LogP contribution in [-0.2, 0) is 10.2 Å². The first kappa shape index (κ1) is 21.3. The highest BCUT2D eigenvalue weighted by Crippen LogP contribution is 2.33. The first-order valence-electron chi connectivity index (χ1n) is 9.09. The van der Waals surface area contributed by atoms with Crippen molar-refractivity contribution in [1.29, 1.82) is 0 Å². The molecule has 3 aromatic rings. The lowest BCUT2D eigenvalue weighted by Crippen LogP contribution is -2.22. The van der Waals surface area contributed by atoms with Crippen LogP contribution in [0.15, 0.2) is 52.3 Å². The third kappa shape index (κ3) is 5.58. The van der Waals surface area contributed by atoms with Crippen molar-refractivity contribution in [2.45, 2.75) is 26.2 Å². The van der Waals surface area contributed by atoms with Crippen LogP contribution >= 0.6 is 27.3 Å². The summed E-state index contributed by atoms with van der Waals surface area (Å²) in [7, 11) is 1.63. The van der Waals surface area contributed by atoms with Crippen molar-refractivity contribution >= 4 is 38.3 Å². The summed E-state index contributed by atoms with van der Waals surface area (Å²) < 4.78 is 12.0. The fourth-order valence-electron chi connectivity index (χ4n) is 2.74. The lowest BCUT2D eigenvalue weighted by molar-refractivity contribution is -0.118. The fourth-order valence-corrected chi connectivity index (χ4v) is 3.84. The molecular formula is C22H23BrN2O3S. The van der Waals surface area contributed by atoms with E-state index in [1.807, 2.05) is 47.8 Å². The van der Waals surface area contributed by atoms with Crippen LogP contribution in [0.3, 0.4) is 0 Å². The molecular weight excluding hydrogens is 452 g/mol. The van der Waals surface area contributed by atoms with E-state index < -0.39 is 0 Å². The quantitative estimate of drug-likeness (QED) is 0.483. The number of thiazole rings is 1. The molecule has 5 nitrogen and oxygen atoms in total. The number of carbonyl (C=O) groups excluding carboxylic acids is 1. The highest BCUT2D eigenvalue weighted by Gasteiger charge is 2.20. The van der Waals surface area contributed by atoms with Crippen LogP contribution in [0.4, 0.5) is 5.13 Å². The summed E-state index contributed by atoms with van der Waals surface area (Å²) >= 11 is 4.87. The molecule has 0 aliphatic rings. The number of aromatic nitrogens is 1.